The van der Waals surface area contributed by atoms with Gasteiger partial charge in [0, 0.05) is 16.7 Å². The lowest BCUT2D eigenvalue weighted by Gasteiger charge is -2.11. The van der Waals surface area contributed by atoms with E-state index in [-0.39, 0.29) is 5.56 Å². The number of ether oxygens (including phenoxy) is 1. The van der Waals surface area contributed by atoms with Gasteiger partial charge in [0.25, 0.3) is 0 Å². The highest BCUT2D eigenvalue weighted by atomic mass is 79.9. The van der Waals surface area contributed by atoms with Crippen LogP contribution in [0.25, 0.3) is 0 Å². The summed E-state index contributed by atoms with van der Waals surface area (Å²) in [6, 6.07) is 12.8. The molecule has 0 spiro atoms. The van der Waals surface area contributed by atoms with Gasteiger partial charge in [-0.15, -0.1) is 0 Å². The lowest BCUT2D eigenvalue weighted by molar-refractivity contribution is 0.0698. The molecule has 104 valence electrons. The minimum Gasteiger partial charge on any atom is -0.497 e. The van der Waals surface area contributed by atoms with E-state index in [2.05, 4.69) is 21.2 Å². The van der Waals surface area contributed by atoms with Crippen LogP contribution in [0.3, 0.4) is 0 Å². The van der Waals surface area contributed by atoms with Crippen LogP contribution < -0.4 is 10.1 Å². The quantitative estimate of drug-likeness (QED) is 0.873. The Morgan fingerprint density at radius 3 is 2.80 bits per heavy atom. The van der Waals surface area contributed by atoms with E-state index in [1.165, 1.54) is 0 Å². The van der Waals surface area contributed by atoms with Crippen LogP contribution in [0.1, 0.15) is 15.9 Å². The Morgan fingerprint density at radius 1 is 1.30 bits per heavy atom. The van der Waals surface area contributed by atoms with E-state index >= 15 is 0 Å². The number of hydrogen-bond donors (Lipinski definition) is 2. The van der Waals surface area contributed by atoms with Crippen molar-refractivity contribution in [1.29, 1.82) is 0 Å². The summed E-state index contributed by atoms with van der Waals surface area (Å²) < 4.78 is 5.89. The number of aromatic carboxylic acids is 1. The first-order valence-corrected chi connectivity index (χ1v) is 6.79. The first-order chi connectivity index (χ1) is 9.60. The van der Waals surface area contributed by atoms with Crippen molar-refractivity contribution in [2.75, 3.05) is 12.4 Å². The Hall–Kier alpha value is -2.01. The maximum absolute atomic E-state index is 11.2. The van der Waals surface area contributed by atoms with Gasteiger partial charge in [0.15, 0.2) is 0 Å². The molecular weight excluding hydrogens is 322 g/mol. The van der Waals surface area contributed by atoms with Crippen molar-refractivity contribution in [3.63, 3.8) is 0 Å². The lowest BCUT2D eigenvalue weighted by atomic mass is 10.1. The van der Waals surface area contributed by atoms with Crippen molar-refractivity contribution in [1.82, 2.24) is 0 Å². The molecule has 0 unspecified atom stereocenters. The second kappa shape index (κ2) is 6.43. The van der Waals surface area contributed by atoms with Crippen molar-refractivity contribution < 1.29 is 14.6 Å². The number of methoxy groups -OCH3 is 1. The average Bonchev–Trinajstić information content (AvgIpc) is 2.46. The van der Waals surface area contributed by atoms with Gasteiger partial charge in [-0.2, -0.15) is 0 Å². The molecule has 0 fully saturated rings. The number of carbonyl (C=O) groups is 1. The average molecular weight is 336 g/mol. The molecule has 0 amide bonds. The molecule has 4 nitrogen and oxygen atoms in total. The van der Waals surface area contributed by atoms with Gasteiger partial charge in [0.2, 0.25) is 0 Å². The largest absolute Gasteiger partial charge is 0.497 e. The fourth-order valence-electron chi connectivity index (χ4n) is 1.83. The Kier molecular flexibility index (Phi) is 4.63. The molecule has 0 aliphatic heterocycles. The molecule has 0 bridgehead atoms. The molecule has 0 aliphatic carbocycles. The number of carboxylic acid groups (broad SMARTS) is 1. The third-order valence-corrected chi connectivity index (χ3v) is 3.32. The van der Waals surface area contributed by atoms with E-state index < -0.39 is 5.97 Å². The summed E-state index contributed by atoms with van der Waals surface area (Å²) in [5.41, 5.74) is 1.84. The van der Waals surface area contributed by atoms with Crippen LogP contribution >= 0.6 is 15.9 Å². The van der Waals surface area contributed by atoms with Crippen LogP contribution in [-0.4, -0.2) is 18.2 Å². The first kappa shape index (κ1) is 14.4. The number of anilines is 1. The molecule has 5 heteroatoms. The highest BCUT2D eigenvalue weighted by molar-refractivity contribution is 9.10. The molecular formula is C15H14BrNO3. The van der Waals surface area contributed by atoms with Crippen LogP contribution in [0, 0.1) is 0 Å². The van der Waals surface area contributed by atoms with Crippen LogP contribution in [-0.2, 0) is 6.54 Å². The number of benzene rings is 2. The molecule has 2 N–H and O–H groups in total. The topological polar surface area (TPSA) is 58.6 Å². The normalized spacial score (nSPS) is 10.1. The Balaban J connectivity index is 2.16. The summed E-state index contributed by atoms with van der Waals surface area (Å²) in [5, 5.41) is 12.3. The van der Waals surface area contributed by atoms with E-state index in [1.54, 1.807) is 25.3 Å². The van der Waals surface area contributed by atoms with Crippen molar-refractivity contribution in [3.05, 3.63) is 58.1 Å². The number of hydrogen-bond acceptors (Lipinski definition) is 3. The predicted molar refractivity (Wildman–Crippen MR) is 81.4 cm³/mol. The van der Waals surface area contributed by atoms with Crippen LogP contribution in [0.4, 0.5) is 5.69 Å². The molecule has 0 heterocycles. The summed E-state index contributed by atoms with van der Waals surface area (Å²) in [7, 11) is 1.61. The maximum atomic E-state index is 11.2. The highest BCUT2D eigenvalue weighted by Gasteiger charge is 2.10. The minimum absolute atomic E-state index is 0.238. The van der Waals surface area contributed by atoms with Gasteiger partial charge in [-0.3, -0.25) is 0 Å². The summed E-state index contributed by atoms with van der Waals surface area (Å²) in [5.74, 6) is -0.182. The second-order valence-corrected chi connectivity index (χ2v) is 5.12. The van der Waals surface area contributed by atoms with Crippen molar-refractivity contribution in [2.45, 2.75) is 6.54 Å². The number of carboxylic acids is 1. The molecule has 0 atom stereocenters. The molecule has 20 heavy (non-hydrogen) atoms. The molecule has 0 aromatic heterocycles. The third-order valence-electron chi connectivity index (χ3n) is 2.83. The standard InChI is InChI=1S/C15H14BrNO3/c1-20-12-4-2-3-10(7-12)9-17-14-6-5-11(16)8-13(14)15(18)19/h2-8,17H,9H2,1H3,(H,18,19). The Bertz CT molecular complexity index is 628. The monoisotopic (exact) mass is 335 g/mol. The molecule has 2 aromatic rings. The van der Waals surface area contributed by atoms with Crippen molar-refractivity contribution >= 4 is 27.6 Å². The fourth-order valence-corrected chi connectivity index (χ4v) is 2.19. The number of rotatable bonds is 5. The molecule has 0 radical (unpaired) electrons. The van der Waals surface area contributed by atoms with Gasteiger partial charge >= 0.3 is 5.97 Å². The lowest BCUT2D eigenvalue weighted by Crippen LogP contribution is -2.06. The van der Waals surface area contributed by atoms with E-state index in [9.17, 15) is 9.90 Å². The van der Waals surface area contributed by atoms with E-state index in [4.69, 9.17) is 4.74 Å². The molecule has 2 aromatic carbocycles. The van der Waals surface area contributed by atoms with Gasteiger partial charge in [0.05, 0.1) is 12.7 Å². The summed E-state index contributed by atoms with van der Waals surface area (Å²) >= 11 is 3.27. The fraction of sp³-hybridized carbons (Fsp3) is 0.133. The third kappa shape index (κ3) is 3.51. The second-order valence-electron chi connectivity index (χ2n) is 4.20. The van der Waals surface area contributed by atoms with E-state index in [0.717, 1.165) is 15.8 Å². The molecule has 0 aliphatic rings. The van der Waals surface area contributed by atoms with Crippen molar-refractivity contribution in [3.8, 4) is 5.75 Å². The first-order valence-electron chi connectivity index (χ1n) is 6.00. The number of nitrogens with one attached hydrogen (secondary N) is 1. The summed E-state index contributed by atoms with van der Waals surface area (Å²) in [4.78, 5) is 11.2. The van der Waals surface area contributed by atoms with Crippen LogP contribution in [0.5, 0.6) is 5.75 Å². The Labute approximate surface area is 125 Å². The smallest absolute Gasteiger partial charge is 0.337 e. The van der Waals surface area contributed by atoms with E-state index in [0.29, 0.717) is 12.2 Å². The molecule has 0 saturated carbocycles. The zero-order chi connectivity index (χ0) is 14.5. The molecule has 0 saturated heterocycles. The minimum atomic E-state index is -0.959. The number of halogens is 1. The highest BCUT2D eigenvalue weighted by Crippen LogP contribution is 2.22. The maximum Gasteiger partial charge on any atom is 0.337 e. The van der Waals surface area contributed by atoms with Gasteiger partial charge in [-0.05, 0) is 35.9 Å². The SMILES string of the molecule is COc1cccc(CNc2ccc(Br)cc2C(=O)O)c1. The van der Waals surface area contributed by atoms with Gasteiger partial charge in [-0.1, -0.05) is 28.1 Å². The summed E-state index contributed by atoms with van der Waals surface area (Å²) in [6.07, 6.45) is 0. The Morgan fingerprint density at radius 2 is 2.10 bits per heavy atom. The van der Waals surface area contributed by atoms with Gasteiger partial charge in [0.1, 0.15) is 5.75 Å². The van der Waals surface area contributed by atoms with Gasteiger partial charge < -0.3 is 15.2 Å². The summed E-state index contributed by atoms with van der Waals surface area (Å²) in [6.45, 7) is 0.527. The van der Waals surface area contributed by atoms with Crippen LogP contribution in [0.2, 0.25) is 0 Å². The van der Waals surface area contributed by atoms with Crippen LogP contribution in [0.15, 0.2) is 46.9 Å². The van der Waals surface area contributed by atoms with E-state index in [1.807, 2.05) is 24.3 Å². The van der Waals surface area contributed by atoms with Crippen molar-refractivity contribution in [2.24, 2.45) is 0 Å². The van der Waals surface area contributed by atoms with Gasteiger partial charge in [-0.25, -0.2) is 4.79 Å². The molecule has 2 rings (SSSR count). The predicted octanol–water partition coefficient (Wildman–Crippen LogP) is 3.77. The zero-order valence-corrected chi connectivity index (χ0v) is 12.5. The zero-order valence-electron chi connectivity index (χ0n) is 10.9.